The topological polar surface area (TPSA) is 78.9 Å². The molecule has 0 aliphatic carbocycles. The number of esters is 3. The predicted molar refractivity (Wildman–Crippen MR) is 298 cm³/mol. The Morgan fingerprint density at radius 3 is 0.899 bits per heavy atom. The first-order valence-electron chi connectivity index (χ1n) is 29.8. The van der Waals surface area contributed by atoms with Crippen LogP contribution in [0.4, 0.5) is 0 Å². The van der Waals surface area contributed by atoms with E-state index in [-0.39, 0.29) is 37.5 Å². The zero-order chi connectivity index (χ0) is 50.0. The Labute approximate surface area is 428 Å². The zero-order valence-electron chi connectivity index (χ0n) is 45.8. The van der Waals surface area contributed by atoms with Gasteiger partial charge in [-0.3, -0.25) is 14.4 Å². The van der Waals surface area contributed by atoms with Crippen molar-refractivity contribution in [3.8, 4) is 0 Å². The number of carbonyl (C=O) groups excluding carboxylic acids is 3. The van der Waals surface area contributed by atoms with E-state index in [1.807, 2.05) is 0 Å². The van der Waals surface area contributed by atoms with Crippen molar-refractivity contribution in [3.63, 3.8) is 0 Å². The number of unbranched alkanes of at least 4 members (excludes halogenated alkanes) is 33. The van der Waals surface area contributed by atoms with Crippen LogP contribution in [0.25, 0.3) is 0 Å². The Morgan fingerprint density at radius 2 is 0.536 bits per heavy atom. The summed E-state index contributed by atoms with van der Waals surface area (Å²) >= 11 is 0. The van der Waals surface area contributed by atoms with Gasteiger partial charge < -0.3 is 14.2 Å². The molecule has 0 radical (unpaired) electrons. The molecule has 0 aromatic carbocycles. The molecule has 0 aromatic rings. The van der Waals surface area contributed by atoms with Gasteiger partial charge in [-0.2, -0.15) is 0 Å². The minimum atomic E-state index is -0.797. The van der Waals surface area contributed by atoms with Gasteiger partial charge in [-0.15, -0.1) is 0 Å². The first-order chi connectivity index (χ1) is 34.0. The molecule has 0 rings (SSSR count). The highest BCUT2D eigenvalue weighted by Crippen LogP contribution is 2.15. The molecule has 0 aliphatic heterocycles. The third-order valence-electron chi connectivity index (χ3n) is 13.0. The van der Waals surface area contributed by atoms with Crippen molar-refractivity contribution in [2.24, 2.45) is 0 Å². The molecule has 1 atom stereocenters. The SMILES string of the molecule is CCCCCC/C=C\CCCCCCCCCC(=O)O[C@@H](COC(=O)CCC/C=C\C/C=C\C/C=C\CCCCCCCC)COC(=O)CCCCCCCCCCC/C=C\CCCCCCCC. The molecule has 0 saturated heterocycles. The van der Waals surface area contributed by atoms with Crippen LogP contribution in [-0.2, 0) is 28.6 Å². The summed E-state index contributed by atoms with van der Waals surface area (Å²) in [6, 6.07) is 0. The zero-order valence-corrected chi connectivity index (χ0v) is 45.8. The molecule has 0 N–H and O–H groups in total. The molecule has 400 valence electrons. The van der Waals surface area contributed by atoms with Crippen LogP contribution in [0.1, 0.15) is 303 Å². The Balaban J connectivity index is 4.42. The van der Waals surface area contributed by atoms with Crippen molar-refractivity contribution in [2.75, 3.05) is 13.2 Å². The maximum atomic E-state index is 12.9. The minimum Gasteiger partial charge on any atom is -0.462 e. The molecule has 0 unspecified atom stereocenters. The second-order valence-corrected chi connectivity index (χ2v) is 19.9. The van der Waals surface area contributed by atoms with Crippen LogP contribution in [0.3, 0.4) is 0 Å². The lowest BCUT2D eigenvalue weighted by Gasteiger charge is -2.18. The summed E-state index contributed by atoms with van der Waals surface area (Å²) < 4.78 is 16.8. The van der Waals surface area contributed by atoms with E-state index in [2.05, 4.69) is 81.5 Å². The molecule has 0 spiro atoms. The summed E-state index contributed by atoms with van der Waals surface area (Å²) in [5.41, 5.74) is 0. The summed E-state index contributed by atoms with van der Waals surface area (Å²) in [5.74, 6) is -0.941. The van der Waals surface area contributed by atoms with Gasteiger partial charge in [0.1, 0.15) is 13.2 Å². The van der Waals surface area contributed by atoms with Crippen molar-refractivity contribution in [1.29, 1.82) is 0 Å². The number of hydrogen-bond acceptors (Lipinski definition) is 6. The molecular formula is C63H112O6. The summed E-state index contributed by atoms with van der Waals surface area (Å²) in [6.07, 6.45) is 72.2. The van der Waals surface area contributed by atoms with Gasteiger partial charge in [0.2, 0.25) is 0 Å². The summed E-state index contributed by atoms with van der Waals surface area (Å²) in [6.45, 7) is 6.60. The Morgan fingerprint density at radius 1 is 0.290 bits per heavy atom. The number of carbonyl (C=O) groups is 3. The van der Waals surface area contributed by atoms with Crippen LogP contribution in [0.15, 0.2) is 60.8 Å². The Bertz CT molecular complexity index is 1250. The van der Waals surface area contributed by atoms with Gasteiger partial charge in [-0.25, -0.2) is 0 Å². The third kappa shape index (κ3) is 55.9. The second kappa shape index (κ2) is 57.7. The maximum absolute atomic E-state index is 12.9. The molecule has 0 fully saturated rings. The second-order valence-electron chi connectivity index (χ2n) is 19.9. The van der Waals surface area contributed by atoms with E-state index in [1.165, 1.54) is 199 Å². The van der Waals surface area contributed by atoms with E-state index in [1.54, 1.807) is 0 Å². The average molecular weight is 966 g/mol. The summed E-state index contributed by atoms with van der Waals surface area (Å²) in [5, 5.41) is 0. The lowest BCUT2D eigenvalue weighted by Crippen LogP contribution is -2.30. The van der Waals surface area contributed by atoms with Gasteiger partial charge in [0.15, 0.2) is 6.10 Å². The average Bonchev–Trinajstić information content (AvgIpc) is 3.35. The molecule has 0 saturated carbocycles. The normalized spacial score (nSPS) is 12.4. The monoisotopic (exact) mass is 965 g/mol. The van der Waals surface area contributed by atoms with Crippen molar-refractivity contribution >= 4 is 17.9 Å². The van der Waals surface area contributed by atoms with Gasteiger partial charge in [0.05, 0.1) is 0 Å². The van der Waals surface area contributed by atoms with E-state index in [9.17, 15) is 14.4 Å². The smallest absolute Gasteiger partial charge is 0.306 e. The van der Waals surface area contributed by atoms with Crippen molar-refractivity contribution in [2.45, 2.75) is 309 Å². The van der Waals surface area contributed by atoms with Crippen LogP contribution in [0.2, 0.25) is 0 Å². The lowest BCUT2D eigenvalue weighted by atomic mass is 10.1. The van der Waals surface area contributed by atoms with E-state index < -0.39 is 6.10 Å². The molecule has 0 bridgehead atoms. The Hall–Kier alpha value is -2.89. The van der Waals surface area contributed by atoms with Gasteiger partial charge in [0, 0.05) is 19.3 Å². The molecule has 0 amide bonds. The highest BCUT2D eigenvalue weighted by atomic mass is 16.6. The van der Waals surface area contributed by atoms with Crippen molar-refractivity contribution in [3.05, 3.63) is 60.8 Å². The quantitative estimate of drug-likeness (QED) is 0.0262. The fourth-order valence-electron chi connectivity index (χ4n) is 8.45. The Kier molecular flexibility index (Phi) is 55.3. The first-order valence-corrected chi connectivity index (χ1v) is 29.8. The highest BCUT2D eigenvalue weighted by Gasteiger charge is 2.19. The molecule has 0 aromatic heterocycles. The number of allylic oxidation sites excluding steroid dienone is 10. The van der Waals surface area contributed by atoms with Crippen molar-refractivity contribution in [1.82, 2.24) is 0 Å². The summed E-state index contributed by atoms with van der Waals surface area (Å²) in [4.78, 5) is 38.2. The van der Waals surface area contributed by atoms with Gasteiger partial charge in [-0.05, 0) is 103 Å². The molecule has 6 nitrogen and oxygen atoms in total. The number of hydrogen-bond donors (Lipinski definition) is 0. The molecule has 0 aliphatic rings. The van der Waals surface area contributed by atoms with Crippen LogP contribution in [-0.4, -0.2) is 37.2 Å². The first kappa shape index (κ1) is 66.1. The highest BCUT2D eigenvalue weighted by molar-refractivity contribution is 5.71. The summed E-state index contributed by atoms with van der Waals surface area (Å²) in [7, 11) is 0. The lowest BCUT2D eigenvalue weighted by molar-refractivity contribution is -0.167. The van der Waals surface area contributed by atoms with Crippen molar-refractivity contribution < 1.29 is 28.6 Å². The standard InChI is InChI=1S/C63H112O6/c1-4-7-10-13-16-19-22-25-28-30-31-33-36-38-41-44-47-50-53-56-62(65)68-59-60(69-63(66)57-54-51-48-45-42-39-34-27-24-21-18-15-12-9-6-3)58-67-61(64)55-52-49-46-43-40-37-35-32-29-26-23-20-17-14-11-8-5-2/h21,24-26,28-29,35,37,43,46,60H,4-20,22-23,27,30-34,36,38-42,44-45,47-59H2,1-3H3/b24-21-,28-25-,29-26-,37-35-,46-43-/t60-/m0/s1. The predicted octanol–water partition coefficient (Wildman–Crippen LogP) is 20.0. The fraction of sp³-hybridized carbons (Fsp3) is 0.794. The van der Waals surface area contributed by atoms with Crippen LogP contribution >= 0.6 is 0 Å². The van der Waals surface area contributed by atoms with Crippen LogP contribution in [0, 0.1) is 0 Å². The van der Waals surface area contributed by atoms with Gasteiger partial charge in [0.25, 0.3) is 0 Å². The van der Waals surface area contributed by atoms with Gasteiger partial charge >= 0.3 is 17.9 Å². The van der Waals surface area contributed by atoms with E-state index in [0.29, 0.717) is 19.3 Å². The fourth-order valence-corrected chi connectivity index (χ4v) is 8.45. The van der Waals surface area contributed by atoms with Crippen LogP contribution in [0.5, 0.6) is 0 Å². The van der Waals surface area contributed by atoms with E-state index >= 15 is 0 Å². The van der Waals surface area contributed by atoms with E-state index in [4.69, 9.17) is 14.2 Å². The molecular weight excluding hydrogens is 853 g/mol. The minimum absolute atomic E-state index is 0.0913. The molecule has 0 heterocycles. The largest absolute Gasteiger partial charge is 0.462 e. The maximum Gasteiger partial charge on any atom is 0.306 e. The van der Waals surface area contributed by atoms with Gasteiger partial charge in [-0.1, -0.05) is 242 Å². The van der Waals surface area contributed by atoms with Crippen LogP contribution < -0.4 is 0 Å². The number of rotatable bonds is 54. The molecule has 6 heteroatoms. The third-order valence-corrected chi connectivity index (χ3v) is 13.0. The molecule has 69 heavy (non-hydrogen) atoms. The number of ether oxygens (including phenoxy) is 3. The van der Waals surface area contributed by atoms with E-state index in [0.717, 1.165) is 57.8 Å².